The number of thiophene rings is 1. The molecule has 21 heavy (non-hydrogen) atoms. The van der Waals surface area contributed by atoms with Gasteiger partial charge in [-0.2, -0.15) is 5.10 Å². The Hall–Kier alpha value is -2.80. The molecule has 7 heteroatoms. The summed E-state index contributed by atoms with van der Waals surface area (Å²) in [6.45, 7) is 0. The molecule has 0 spiro atoms. The Balaban J connectivity index is 1.86. The lowest BCUT2D eigenvalue weighted by Crippen LogP contribution is -2.15. The number of allylic oxidation sites excluding steroid dienone is 1. The smallest absolute Gasteiger partial charge is 0.266 e. The van der Waals surface area contributed by atoms with Crippen molar-refractivity contribution in [1.29, 1.82) is 0 Å². The number of rotatable bonds is 5. The number of benzene rings is 1. The van der Waals surface area contributed by atoms with E-state index in [4.69, 9.17) is 0 Å². The normalized spacial score (nSPS) is 11.0. The minimum atomic E-state index is -0.449. The largest absolute Gasteiger partial charge is 0.281 e. The summed E-state index contributed by atoms with van der Waals surface area (Å²) in [6.07, 6.45) is 4.80. The van der Waals surface area contributed by atoms with Crippen LogP contribution >= 0.6 is 11.3 Å². The van der Waals surface area contributed by atoms with Crippen LogP contribution in [0.3, 0.4) is 0 Å². The molecular formula is C14H11N3O3S. The van der Waals surface area contributed by atoms with E-state index in [-0.39, 0.29) is 11.6 Å². The Morgan fingerprint density at radius 1 is 1.29 bits per heavy atom. The van der Waals surface area contributed by atoms with Crippen LogP contribution in [0.2, 0.25) is 0 Å². The second-order valence-electron chi connectivity index (χ2n) is 3.90. The molecule has 0 radical (unpaired) electrons. The van der Waals surface area contributed by atoms with Crippen LogP contribution in [-0.2, 0) is 0 Å². The maximum absolute atomic E-state index is 11.5. The van der Waals surface area contributed by atoms with Gasteiger partial charge in [0.05, 0.1) is 9.80 Å². The van der Waals surface area contributed by atoms with Crippen molar-refractivity contribution in [1.82, 2.24) is 5.43 Å². The predicted octanol–water partition coefficient (Wildman–Crippen LogP) is 3.09. The molecule has 1 aromatic carbocycles. The van der Waals surface area contributed by atoms with Gasteiger partial charge in [-0.15, -0.1) is 11.3 Å². The van der Waals surface area contributed by atoms with E-state index in [0.717, 1.165) is 5.56 Å². The molecule has 0 saturated carbocycles. The van der Waals surface area contributed by atoms with Gasteiger partial charge in [0.1, 0.15) is 0 Å². The first-order chi connectivity index (χ1) is 10.2. The lowest BCUT2D eigenvalue weighted by atomic mass is 10.2. The molecule has 1 aromatic heterocycles. The highest BCUT2D eigenvalue weighted by atomic mass is 32.1. The number of carbonyl (C=O) groups excluding carboxylic acids is 1. The predicted molar refractivity (Wildman–Crippen MR) is 82.4 cm³/mol. The number of amides is 1. The molecule has 0 fully saturated rings. The van der Waals surface area contributed by atoms with Crippen LogP contribution in [0.5, 0.6) is 0 Å². The lowest BCUT2D eigenvalue weighted by molar-refractivity contribution is -0.384. The van der Waals surface area contributed by atoms with Crippen molar-refractivity contribution in [2.75, 3.05) is 0 Å². The first-order valence-electron chi connectivity index (χ1n) is 5.95. The van der Waals surface area contributed by atoms with Gasteiger partial charge >= 0.3 is 0 Å². The SMILES string of the molecule is O=C(NN=CC=Cc1ccc([N+](=O)[O-])cc1)c1cccs1. The molecule has 2 aromatic rings. The molecule has 0 bridgehead atoms. The van der Waals surface area contributed by atoms with Gasteiger partial charge in [-0.05, 0) is 35.2 Å². The third kappa shape index (κ3) is 4.36. The van der Waals surface area contributed by atoms with Crippen LogP contribution in [0.1, 0.15) is 15.2 Å². The third-order valence-electron chi connectivity index (χ3n) is 2.46. The number of nitrogens with zero attached hydrogens (tertiary/aromatic N) is 2. The highest BCUT2D eigenvalue weighted by Gasteiger charge is 2.03. The zero-order valence-electron chi connectivity index (χ0n) is 10.8. The highest BCUT2D eigenvalue weighted by Crippen LogP contribution is 2.12. The van der Waals surface area contributed by atoms with E-state index in [9.17, 15) is 14.9 Å². The van der Waals surface area contributed by atoms with Gasteiger partial charge < -0.3 is 0 Å². The van der Waals surface area contributed by atoms with E-state index in [1.807, 2.05) is 5.38 Å². The number of carbonyl (C=O) groups is 1. The first kappa shape index (κ1) is 14.6. The molecule has 6 nitrogen and oxygen atoms in total. The van der Waals surface area contributed by atoms with Gasteiger partial charge in [0.25, 0.3) is 11.6 Å². The maximum atomic E-state index is 11.5. The molecule has 0 aliphatic carbocycles. The van der Waals surface area contributed by atoms with Gasteiger partial charge in [0.15, 0.2) is 0 Å². The van der Waals surface area contributed by atoms with Gasteiger partial charge in [0.2, 0.25) is 0 Å². The lowest BCUT2D eigenvalue weighted by Gasteiger charge is -1.94. The van der Waals surface area contributed by atoms with Crippen LogP contribution in [0, 0.1) is 10.1 Å². The minimum absolute atomic E-state index is 0.0454. The number of hydrogen-bond acceptors (Lipinski definition) is 5. The van der Waals surface area contributed by atoms with Gasteiger partial charge in [0, 0.05) is 18.3 Å². The quantitative estimate of drug-likeness (QED) is 0.523. The zero-order chi connectivity index (χ0) is 15.1. The summed E-state index contributed by atoms with van der Waals surface area (Å²) in [5.74, 6) is -0.259. The molecule has 1 N–H and O–H groups in total. The van der Waals surface area contributed by atoms with E-state index in [1.165, 1.54) is 29.7 Å². The molecule has 106 valence electrons. The fraction of sp³-hybridized carbons (Fsp3) is 0. The van der Waals surface area contributed by atoms with Crippen molar-refractivity contribution >= 4 is 35.2 Å². The molecule has 2 rings (SSSR count). The summed E-state index contributed by atoms with van der Waals surface area (Å²) < 4.78 is 0. The summed E-state index contributed by atoms with van der Waals surface area (Å²) in [6, 6.07) is 9.62. The standard InChI is InChI=1S/C14H11N3O3S/c18-14(13-4-2-10-21-13)16-15-9-1-3-11-5-7-12(8-6-11)17(19)20/h1-10H,(H,16,18). The number of non-ortho nitro benzene ring substituents is 1. The van der Waals surface area contributed by atoms with Crippen molar-refractivity contribution in [3.8, 4) is 0 Å². The van der Waals surface area contributed by atoms with Crippen molar-refractivity contribution in [2.45, 2.75) is 0 Å². The fourth-order valence-electron chi connectivity index (χ4n) is 1.46. The third-order valence-corrected chi connectivity index (χ3v) is 3.33. The molecule has 0 aliphatic heterocycles. The van der Waals surface area contributed by atoms with E-state index in [2.05, 4.69) is 10.5 Å². The Morgan fingerprint density at radius 2 is 2.05 bits per heavy atom. The highest BCUT2D eigenvalue weighted by molar-refractivity contribution is 7.12. The number of hydrazone groups is 1. The zero-order valence-corrected chi connectivity index (χ0v) is 11.6. The van der Waals surface area contributed by atoms with Crippen LogP contribution in [0.15, 0.2) is 53.0 Å². The van der Waals surface area contributed by atoms with Crippen LogP contribution in [-0.4, -0.2) is 17.0 Å². The molecule has 0 unspecified atom stereocenters. The average Bonchev–Trinajstić information content (AvgIpc) is 3.01. The van der Waals surface area contributed by atoms with Gasteiger partial charge in [-0.3, -0.25) is 14.9 Å². The van der Waals surface area contributed by atoms with Gasteiger partial charge in [-0.25, -0.2) is 5.43 Å². The summed E-state index contributed by atoms with van der Waals surface area (Å²) in [7, 11) is 0. The second-order valence-corrected chi connectivity index (χ2v) is 4.85. The number of nitro groups is 1. The number of nitrogens with one attached hydrogen (secondary N) is 1. The average molecular weight is 301 g/mol. The fourth-order valence-corrected chi connectivity index (χ4v) is 2.08. The van der Waals surface area contributed by atoms with E-state index < -0.39 is 4.92 Å². The summed E-state index contributed by atoms with van der Waals surface area (Å²) in [5, 5.41) is 16.1. The molecule has 1 amide bonds. The number of hydrogen-bond donors (Lipinski definition) is 1. The Kier molecular flexibility index (Phi) is 4.94. The second kappa shape index (κ2) is 7.11. The molecule has 0 aliphatic rings. The summed E-state index contributed by atoms with van der Waals surface area (Å²) >= 11 is 1.34. The molecular weight excluding hydrogens is 290 g/mol. The van der Waals surface area contributed by atoms with Crippen LogP contribution in [0.4, 0.5) is 5.69 Å². The molecule has 0 saturated heterocycles. The molecule has 1 heterocycles. The van der Waals surface area contributed by atoms with Crippen LogP contribution < -0.4 is 5.43 Å². The van der Waals surface area contributed by atoms with Gasteiger partial charge in [-0.1, -0.05) is 12.1 Å². The summed E-state index contributed by atoms with van der Waals surface area (Å²) in [5.41, 5.74) is 3.24. The van der Waals surface area contributed by atoms with E-state index >= 15 is 0 Å². The Bertz CT molecular complexity index is 676. The van der Waals surface area contributed by atoms with Crippen molar-refractivity contribution < 1.29 is 9.72 Å². The Labute approximate surface area is 124 Å². The first-order valence-corrected chi connectivity index (χ1v) is 6.83. The minimum Gasteiger partial charge on any atom is -0.266 e. The monoisotopic (exact) mass is 301 g/mol. The maximum Gasteiger partial charge on any atom is 0.281 e. The van der Waals surface area contributed by atoms with E-state index in [0.29, 0.717) is 4.88 Å². The Morgan fingerprint density at radius 3 is 2.67 bits per heavy atom. The summed E-state index contributed by atoms with van der Waals surface area (Å²) in [4.78, 5) is 22.2. The number of nitro benzene ring substituents is 1. The van der Waals surface area contributed by atoms with E-state index in [1.54, 1.807) is 36.4 Å². The van der Waals surface area contributed by atoms with Crippen LogP contribution in [0.25, 0.3) is 6.08 Å². The van der Waals surface area contributed by atoms with Crippen molar-refractivity contribution in [3.63, 3.8) is 0 Å². The van der Waals surface area contributed by atoms with Crippen molar-refractivity contribution in [2.24, 2.45) is 5.10 Å². The molecule has 0 atom stereocenters. The topological polar surface area (TPSA) is 84.6 Å². The van der Waals surface area contributed by atoms with Crippen molar-refractivity contribution in [3.05, 3.63) is 68.4 Å².